The summed E-state index contributed by atoms with van der Waals surface area (Å²) in [6, 6.07) is 19.3. The Hall–Kier alpha value is -3.97. The summed E-state index contributed by atoms with van der Waals surface area (Å²) in [6.45, 7) is 1.01. The van der Waals surface area contributed by atoms with E-state index < -0.39 is 11.8 Å². The Bertz CT molecular complexity index is 1280. The van der Waals surface area contributed by atoms with Gasteiger partial charge in [-0.15, -0.1) is 0 Å². The maximum atomic E-state index is 13.8. The lowest BCUT2D eigenvalue weighted by Crippen LogP contribution is -2.13. The molecule has 35 heavy (non-hydrogen) atoms. The van der Waals surface area contributed by atoms with Gasteiger partial charge in [-0.3, -0.25) is 9.59 Å². The van der Waals surface area contributed by atoms with Crippen molar-refractivity contribution >= 4 is 34.5 Å². The Morgan fingerprint density at radius 1 is 1.03 bits per heavy atom. The van der Waals surface area contributed by atoms with Gasteiger partial charge in [-0.1, -0.05) is 30.3 Å². The molecule has 4 rings (SSSR count). The number of hydrogen-bond acceptors (Lipinski definition) is 4. The number of benzene rings is 3. The van der Waals surface area contributed by atoms with Gasteiger partial charge in [-0.25, -0.2) is 4.39 Å². The summed E-state index contributed by atoms with van der Waals surface area (Å²) < 4.78 is 13.8. The molecule has 3 aromatic carbocycles. The average Bonchev–Trinajstić information content (AvgIpc) is 3.12. The van der Waals surface area contributed by atoms with E-state index >= 15 is 0 Å². The largest absolute Gasteiger partial charge is 0.481 e. The molecule has 0 saturated heterocycles. The maximum absolute atomic E-state index is 13.8. The van der Waals surface area contributed by atoms with Crippen LogP contribution in [0.25, 0.3) is 11.3 Å². The molecule has 0 aromatic heterocycles. The molecule has 6 nitrogen and oxygen atoms in total. The van der Waals surface area contributed by atoms with Crippen molar-refractivity contribution in [3.05, 3.63) is 94.8 Å². The summed E-state index contributed by atoms with van der Waals surface area (Å²) in [5.74, 6) is -1.72. The van der Waals surface area contributed by atoms with Gasteiger partial charge in [0.15, 0.2) is 0 Å². The second kappa shape index (κ2) is 10.5. The predicted molar refractivity (Wildman–Crippen MR) is 137 cm³/mol. The predicted octanol–water partition coefficient (Wildman–Crippen LogP) is 4.88. The number of hydrogen-bond donors (Lipinski definition) is 3. The van der Waals surface area contributed by atoms with Crippen LogP contribution in [0.1, 0.15) is 28.7 Å². The number of nitrogens with zero attached hydrogens (tertiary/aromatic N) is 1. The number of carboxylic acids is 1. The normalized spacial score (nSPS) is 14.0. The number of aryl methyl sites for hydroxylation is 1. The number of amides is 1. The highest BCUT2D eigenvalue weighted by atomic mass is 19.1. The van der Waals surface area contributed by atoms with Crippen LogP contribution in [0.4, 0.5) is 15.8 Å². The summed E-state index contributed by atoms with van der Waals surface area (Å²) in [7, 11) is 4.11. The molecule has 0 bridgehead atoms. The standard InChI is InChI=1S/C28H28FN3O3/c1-32(2)14-4-6-18-8-11-22(12-9-18)30-27(20-7-3-5-19(15-20)16-25(33)34)26-23-13-10-21(29)17-24(23)31-28(26)35/h3,5,7-13,15,17,30H,4,6,14,16H2,1-2H3,(H,31,35)(H,33,34). The van der Waals surface area contributed by atoms with Gasteiger partial charge in [0.25, 0.3) is 5.91 Å². The highest BCUT2D eigenvalue weighted by molar-refractivity contribution is 6.37. The summed E-state index contributed by atoms with van der Waals surface area (Å²) in [6.07, 6.45) is 1.88. The Morgan fingerprint density at radius 3 is 2.51 bits per heavy atom. The quantitative estimate of drug-likeness (QED) is 0.386. The van der Waals surface area contributed by atoms with Crippen molar-refractivity contribution in [2.24, 2.45) is 0 Å². The zero-order chi connectivity index (χ0) is 24.9. The van der Waals surface area contributed by atoms with E-state index in [0.717, 1.165) is 25.1 Å². The number of nitrogens with one attached hydrogen (secondary N) is 2. The smallest absolute Gasteiger partial charge is 0.307 e. The minimum absolute atomic E-state index is 0.133. The van der Waals surface area contributed by atoms with Gasteiger partial charge in [0, 0.05) is 11.3 Å². The number of carboxylic acid groups (broad SMARTS) is 1. The molecule has 0 atom stereocenters. The van der Waals surface area contributed by atoms with Crippen molar-refractivity contribution in [2.45, 2.75) is 19.3 Å². The molecule has 1 amide bonds. The zero-order valence-electron chi connectivity index (χ0n) is 19.8. The van der Waals surface area contributed by atoms with E-state index in [4.69, 9.17) is 0 Å². The van der Waals surface area contributed by atoms with Crippen LogP contribution in [0.15, 0.2) is 66.7 Å². The summed E-state index contributed by atoms with van der Waals surface area (Å²) in [5, 5.41) is 15.3. The topological polar surface area (TPSA) is 81.7 Å². The first-order valence-corrected chi connectivity index (χ1v) is 11.5. The molecule has 1 heterocycles. The highest BCUT2D eigenvalue weighted by Gasteiger charge is 2.29. The van der Waals surface area contributed by atoms with Crippen molar-refractivity contribution in [2.75, 3.05) is 31.3 Å². The Kier molecular flexibility index (Phi) is 7.27. The molecule has 0 fully saturated rings. The number of carbonyl (C=O) groups is 2. The van der Waals surface area contributed by atoms with Crippen LogP contribution >= 0.6 is 0 Å². The van der Waals surface area contributed by atoms with Gasteiger partial charge in [0.2, 0.25) is 0 Å². The van der Waals surface area contributed by atoms with Crippen LogP contribution in [0.3, 0.4) is 0 Å². The van der Waals surface area contributed by atoms with Crippen LogP contribution in [0, 0.1) is 5.82 Å². The molecular weight excluding hydrogens is 445 g/mol. The first-order chi connectivity index (χ1) is 16.8. The third-order valence-corrected chi connectivity index (χ3v) is 5.84. The van der Waals surface area contributed by atoms with E-state index in [0.29, 0.717) is 33.6 Å². The minimum Gasteiger partial charge on any atom is -0.481 e. The monoisotopic (exact) mass is 473 g/mol. The lowest BCUT2D eigenvalue weighted by Gasteiger charge is -2.16. The van der Waals surface area contributed by atoms with E-state index in [1.165, 1.54) is 17.7 Å². The molecule has 0 aliphatic carbocycles. The van der Waals surface area contributed by atoms with Crippen molar-refractivity contribution < 1.29 is 19.1 Å². The number of halogens is 1. The highest BCUT2D eigenvalue weighted by Crippen LogP contribution is 2.38. The van der Waals surface area contributed by atoms with E-state index in [9.17, 15) is 19.1 Å². The average molecular weight is 474 g/mol. The van der Waals surface area contributed by atoms with Crippen LogP contribution in [0.2, 0.25) is 0 Å². The van der Waals surface area contributed by atoms with Gasteiger partial charge in [-0.05, 0) is 86.6 Å². The van der Waals surface area contributed by atoms with Crippen LogP contribution < -0.4 is 10.6 Å². The molecule has 0 unspecified atom stereocenters. The molecule has 3 N–H and O–H groups in total. The lowest BCUT2D eigenvalue weighted by atomic mass is 9.98. The lowest BCUT2D eigenvalue weighted by molar-refractivity contribution is -0.136. The number of fused-ring (bicyclic) bond motifs is 1. The van der Waals surface area contributed by atoms with Crippen molar-refractivity contribution in [3.63, 3.8) is 0 Å². The van der Waals surface area contributed by atoms with E-state index in [1.807, 2.05) is 18.2 Å². The molecule has 3 aromatic rings. The molecule has 180 valence electrons. The first kappa shape index (κ1) is 24.2. The van der Waals surface area contributed by atoms with Gasteiger partial charge >= 0.3 is 5.97 Å². The number of rotatable bonds is 9. The summed E-state index contributed by atoms with van der Waals surface area (Å²) in [5.41, 5.74) is 5.18. The van der Waals surface area contributed by atoms with Crippen molar-refractivity contribution in [1.29, 1.82) is 0 Å². The van der Waals surface area contributed by atoms with Crippen LogP contribution in [0.5, 0.6) is 0 Å². The second-order valence-electron chi connectivity index (χ2n) is 8.89. The second-order valence-corrected chi connectivity index (χ2v) is 8.89. The molecule has 0 saturated carbocycles. The minimum atomic E-state index is -0.936. The van der Waals surface area contributed by atoms with Crippen LogP contribution in [-0.2, 0) is 22.4 Å². The van der Waals surface area contributed by atoms with E-state index in [1.54, 1.807) is 24.3 Å². The number of carbonyl (C=O) groups excluding carboxylic acids is 1. The van der Waals surface area contributed by atoms with Gasteiger partial charge in [0.1, 0.15) is 5.82 Å². The molecule has 1 aliphatic rings. The van der Waals surface area contributed by atoms with Gasteiger partial charge < -0.3 is 20.6 Å². The number of aliphatic carboxylic acids is 1. The Morgan fingerprint density at radius 2 is 1.80 bits per heavy atom. The fourth-order valence-electron chi connectivity index (χ4n) is 4.18. The molecule has 0 radical (unpaired) electrons. The fourth-order valence-corrected chi connectivity index (χ4v) is 4.18. The van der Waals surface area contributed by atoms with E-state index in [2.05, 4.69) is 41.8 Å². The third kappa shape index (κ3) is 5.94. The third-order valence-electron chi connectivity index (χ3n) is 5.84. The molecule has 0 spiro atoms. The van der Waals surface area contributed by atoms with Crippen LogP contribution in [-0.4, -0.2) is 42.5 Å². The molecular formula is C28H28FN3O3. The van der Waals surface area contributed by atoms with Gasteiger partial charge in [0.05, 0.1) is 23.4 Å². The van der Waals surface area contributed by atoms with Crippen molar-refractivity contribution in [1.82, 2.24) is 4.90 Å². The summed E-state index contributed by atoms with van der Waals surface area (Å²) >= 11 is 0. The first-order valence-electron chi connectivity index (χ1n) is 11.5. The Labute approximate surface area is 204 Å². The van der Waals surface area contributed by atoms with Crippen molar-refractivity contribution in [3.8, 4) is 0 Å². The maximum Gasteiger partial charge on any atom is 0.307 e. The summed E-state index contributed by atoms with van der Waals surface area (Å²) in [4.78, 5) is 26.4. The van der Waals surface area contributed by atoms with E-state index in [-0.39, 0.29) is 12.3 Å². The SMILES string of the molecule is CN(C)CCCc1ccc(NC(=C2C(=O)Nc3cc(F)ccc32)c2cccc(CC(=O)O)c2)cc1. The molecule has 7 heteroatoms. The molecule has 1 aliphatic heterocycles. The zero-order valence-corrected chi connectivity index (χ0v) is 19.8. The fraction of sp³-hybridized carbons (Fsp3) is 0.214. The number of anilines is 2. The Balaban J connectivity index is 1.72. The van der Waals surface area contributed by atoms with Gasteiger partial charge in [-0.2, -0.15) is 0 Å².